The maximum absolute atomic E-state index is 10.2. The third kappa shape index (κ3) is 10.6. The lowest BCUT2D eigenvalue weighted by molar-refractivity contribution is -0.138. The number of hydrogen-bond acceptors (Lipinski definition) is 4. The number of carboxylic acid groups (broad SMARTS) is 2. The number of hydrogen-bond donors (Lipinski definition) is 5. The van der Waals surface area contributed by atoms with Crippen LogP contribution in [0.25, 0.3) is 0 Å². The van der Waals surface area contributed by atoms with Crippen LogP contribution >= 0.6 is 0 Å². The van der Waals surface area contributed by atoms with E-state index in [0.29, 0.717) is 5.96 Å². The number of likely N-dealkylation sites (N-methyl/N-ethyl adjacent to an activating group) is 2. The number of carboxylic acids is 2. The predicted molar refractivity (Wildman–Crippen MR) is 74.9 cm³/mol. The molecule has 0 rings (SSSR count). The minimum absolute atomic E-state index is 0.0481. The van der Waals surface area contributed by atoms with E-state index in [2.05, 4.69) is 10.3 Å². The van der Waals surface area contributed by atoms with Gasteiger partial charge in [-0.1, -0.05) is 0 Å². The van der Waals surface area contributed by atoms with Crippen molar-refractivity contribution in [3.05, 3.63) is 0 Å². The quantitative estimate of drug-likeness (QED) is 0.297. The van der Waals surface area contributed by atoms with Gasteiger partial charge in [-0.05, 0) is 0 Å². The normalized spacial score (nSPS) is 9.90. The summed E-state index contributed by atoms with van der Waals surface area (Å²) in [6, 6.07) is 0. The molecule has 0 radical (unpaired) electrons. The molecule has 6 N–H and O–H groups in total. The first-order valence-electron chi connectivity index (χ1n) is 5.50. The summed E-state index contributed by atoms with van der Waals surface area (Å²) in [5.74, 6) is -1.54. The second-order valence-corrected chi connectivity index (χ2v) is 3.68. The standard InChI is InChI=1S/C6H13N3O2.C4H9N3O2/c1-7-6(8-2)9(3)4-5(10)11;1-7(4(5)6)2-3(8)9/h4H2,1-3H3,(H,7,8)(H,10,11);2H2,1H3,(H3,5,6)(H,8,9). The Bertz CT molecular complexity index is 371. The van der Waals surface area contributed by atoms with Crippen LogP contribution in [-0.4, -0.2) is 85.2 Å². The van der Waals surface area contributed by atoms with E-state index in [0.717, 1.165) is 4.90 Å². The van der Waals surface area contributed by atoms with Crippen LogP contribution in [0.3, 0.4) is 0 Å². The van der Waals surface area contributed by atoms with Crippen molar-refractivity contribution >= 4 is 23.9 Å². The fourth-order valence-corrected chi connectivity index (χ4v) is 1.04. The molecule has 0 saturated heterocycles. The van der Waals surface area contributed by atoms with Crippen molar-refractivity contribution in [2.75, 3.05) is 41.3 Å². The van der Waals surface area contributed by atoms with Crippen molar-refractivity contribution in [3.8, 4) is 0 Å². The van der Waals surface area contributed by atoms with Gasteiger partial charge in [-0.3, -0.25) is 20.0 Å². The molecule has 0 unspecified atom stereocenters. The van der Waals surface area contributed by atoms with Crippen LogP contribution < -0.4 is 11.1 Å². The van der Waals surface area contributed by atoms with Crippen LogP contribution in [0.5, 0.6) is 0 Å². The Morgan fingerprint density at radius 2 is 1.60 bits per heavy atom. The third-order valence-corrected chi connectivity index (χ3v) is 1.95. The fraction of sp³-hybridized carbons (Fsp3) is 0.600. The number of carbonyl (C=O) groups is 2. The molecule has 0 aromatic heterocycles. The van der Waals surface area contributed by atoms with Gasteiger partial charge in [0.25, 0.3) is 0 Å². The number of aliphatic imine (C=N–C) groups is 1. The summed E-state index contributed by atoms with van der Waals surface area (Å²) >= 11 is 0. The number of aliphatic carboxylic acids is 2. The van der Waals surface area contributed by atoms with E-state index in [9.17, 15) is 9.59 Å². The first kappa shape index (κ1) is 19.8. The SMILES string of the molecule is CN(CC(=O)O)C(=N)N.CN=C(NC)N(C)CC(=O)O. The smallest absolute Gasteiger partial charge is 0.323 e. The highest BCUT2D eigenvalue weighted by atomic mass is 16.4. The number of nitrogens with zero attached hydrogens (tertiary/aromatic N) is 3. The van der Waals surface area contributed by atoms with E-state index in [1.807, 2.05) is 0 Å². The first-order valence-corrected chi connectivity index (χ1v) is 5.50. The van der Waals surface area contributed by atoms with Crippen molar-refractivity contribution in [3.63, 3.8) is 0 Å². The molecule has 0 bridgehead atoms. The average Bonchev–Trinajstić information content (AvgIpc) is 2.29. The van der Waals surface area contributed by atoms with Crippen LogP contribution in [0, 0.1) is 5.41 Å². The lowest BCUT2D eigenvalue weighted by Crippen LogP contribution is -2.39. The molecular formula is C10H22N6O4. The predicted octanol–water partition coefficient (Wildman–Crippen LogP) is -1.90. The highest BCUT2D eigenvalue weighted by molar-refractivity contribution is 5.83. The summed E-state index contributed by atoms with van der Waals surface area (Å²) in [7, 11) is 6.40. The van der Waals surface area contributed by atoms with Gasteiger partial charge in [0.05, 0.1) is 0 Å². The highest BCUT2D eigenvalue weighted by Gasteiger charge is 2.06. The van der Waals surface area contributed by atoms with Gasteiger partial charge in [-0.2, -0.15) is 0 Å². The molecule has 0 aromatic rings. The molecule has 0 aliphatic carbocycles. The van der Waals surface area contributed by atoms with Crippen molar-refractivity contribution < 1.29 is 19.8 Å². The topological polar surface area (TPSA) is 155 Å². The number of guanidine groups is 2. The van der Waals surface area contributed by atoms with E-state index >= 15 is 0 Å². The van der Waals surface area contributed by atoms with Gasteiger partial charge in [-0.15, -0.1) is 0 Å². The highest BCUT2D eigenvalue weighted by Crippen LogP contribution is 1.82. The lowest BCUT2D eigenvalue weighted by Gasteiger charge is -2.17. The second kappa shape index (κ2) is 10.4. The Morgan fingerprint density at radius 3 is 1.80 bits per heavy atom. The fourth-order valence-electron chi connectivity index (χ4n) is 1.04. The minimum Gasteiger partial charge on any atom is -0.480 e. The molecule has 0 saturated carbocycles. The average molecular weight is 290 g/mol. The van der Waals surface area contributed by atoms with Gasteiger partial charge in [0.15, 0.2) is 11.9 Å². The van der Waals surface area contributed by atoms with Crippen LogP contribution in [0.2, 0.25) is 0 Å². The molecule has 0 amide bonds. The van der Waals surface area contributed by atoms with Crippen molar-refractivity contribution in [2.24, 2.45) is 10.7 Å². The number of rotatable bonds is 4. The summed E-state index contributed by atoms with van der Waals surface area (Å²) in [5, 5.41) is 26.0. The van der Waals surface area contributed by atoms with Gasteiger partial charge < -0.3 is 31.1 Å². The van der Waals surface area contributed by atoms with Gasteiger partial charge in [0.2, 0.25) is 0 Å². The van der Waals surface area contributed by atoms with Crippen LogP contribution in [0.4, 0.5) is 0 Å². The van der Waals surface area contributed by atoms with E-state index in [1.165, 1.54) is 11.9 Å². The summed E-state index contributed by atoms with van der Waals surface area (Å²) in [6.07, 6.45) is 0. The molecule has 0 aliphatic rings. The molecule has 0 fully saturated rings. The van der Waals surface area contributed by atoms with Gasteiger partial charge >= 0.3 is 11.9 Å². The zero-order valence-electron chi connectivity index (χ0n) is 12.0. The Hall–Kier alpha value is -2.52. The molecule has 0 aromatic carbocycles. The second-order valence-electron chi connectivity index (χ2n) is 3.68. The van der Waals surface area contributed by atoms with Crippen LogP contribution in [0.15, 0.2) is 4.99 Å². The maximum atomic E-state index is 10.2. The van der Waals surface area contributed by atoms with E-state index < -0.39 is 11.9 Å². The maximum Gasteiger partial charge on any atom is 0.323 e. The van der Waals surface area contributed by atoms with Crippen molar-refractivity contribution in [1.82, 2.24) is 15.1 Å². The summed E-state index contributed by atoms with van der Waals surface area (Å²) in [5.41, 5.74) is 4.93. The monoisotopic (exact) mass is 290 g/mol. The molecule has 20 heavy (non-hydrogen) atoms. The number of nitrogens with one attached hydrogen (secondary N) is 2. The molecule has 10 heteroatoms. The zero-order chi connectivity index (χ0) is 16.3. The van der Waals surface area contributed by atoms with Gasteiger partial charge in [-0.25, -0.2) is 0 Å². The molecule has 10 nitrogen and oxygen atoms in total. The van der Waals surface area contributed by atoms with Crippen LogP contribution in [0.1, 0.15) is 0 Å². The van der Waals surface area contributed by atoms with E-state index in [-0.39, 0.29) is 19.0 Å². The summed E-state index contributed by atoms with van der Waals surface area (Å²) in [6.45, 7) is -0.275. The Balaban J connectivity index is 0. The molecule has 0 aliphatic heterocycles. The van der Waals surface area contributed by atoms with E-state index in [1.54, 1.807) is 21.1 Å². The largest absolute Gasteiger partial charge is 0.480 e. The summed E-state index contributed by atoms with van der Waals surface area (Å²) in [4.78, 5) is 26.6. The molecule has 0 atom stereocenters. The van der Waals surface area contributed by atoms with E-state index in [4.69, 9.17) is 21.4 Å². The molecule has 116 valence electrons. The van der Waals surface area contributed by atoms with Crippen LogP contribution in [-0.2, 0) is 9.59 Å². The Labute approximate surface area is 117 Å². The zero-order valence-corrected chi connectivity index (χ0v) is 12.0. The first-order chi connectivity index (χ1) is 9.15. The third-order valence-electron chi connectivity index (χ3n) is 1.95. The van der Waals surface area contributed by atoms with Crippen molar-refractivity contribution in [2.45, 2.75) is 0 Å². The molecule has 0 spiro atoms. The Morgan fingerprint density at radius 1 is 1.20 bits per heavy atom. The minimum atomic E-state index is -0.993. The molecular weight excluding hydrogens is 268 g/mol. The summed E-state index contributed by atoms with van der Waals surface area (Å²) < 4.78 is 0. The van der Waals surface area contributed by atoms with Crippen molar-refractivity contribution in [1.29, 1.82) is 5.41 Å². The Kier molecular flexibility index (Phi) is 10.3. The van der Waals surface area contributed by atoms with Gasteiger partial charge in [0, 0.05) is 28.2 Å². The van der Waals surface area contributed by atoms with Gasteiger partial charge in [0.1, 0.15) is 13.1 Å². The lowest BCUT2D eigenvalue weighted by atomic mass is 10.6. The molecule has 0 heterocycles. The number of nitrogens with two attached hydrogens (primary N) is 1.